The molecule has 0 aromatic carbocycles. The first-order valence-electron chi connectivity index (χ1n) is 8.03. The number of likely N-dealkylation sites (tertiary alicyclic amines) is 1. The summed E-state index contributed by atoms with van der Waals surface area (Å²) < 4.78 is 12.1. The Morgan fingerprint density at radius 3 is 2.32 bits per heavy atom. The van der Waals surface area contributed by atoms with Crippen molar-refractivity contribution in [3.05, 3.63) is 16.3 Å². The Morgan fingerprint density at radius 1 is 1.14 bits per heavy atom. The van der Waals surface area contributed by atoms with Crippen LogP contribution in [0.4, 0.5) is 0 Å². The van der Waals surface area contributed by atoms with Gasteiger partial charge in [-0.1, -0.05) is 0 Å². The molecule has 1 amide bonds. The van der Waals surface area contributed by atoms with Crippen LogP contribution < -0.4 is 5.46 Å². The van der Waals surface area contributed by atoms with Crippen molar-refractivity contribution in [2.24, 2.45) is 0 Å². The highest BCUT2D eigenvalue weighted by Gasteiger charge is 2.52. The van der Waals surface area contributed by atoms with Crippen LogP contribution >= 0.6 is 11.3 Å². The number of hydrogen-bond donors (Lipinski definition) is 0. The van der Waals surface area contributed by atoms with Gasteiger partial charge in [0, 0.05) is 13.1 Å². The van der Waals surface area contributed by atoms with E-state index in [9.17, 15) is 4.79 Å². The van der Waals surface area contributed by atoms with Crippen molar-refractivity contribution in [2.45, 2.75) is 58.2 Å². The van der Waals surface area contributed by atoms with Crippen molar-refractivity contribution in [3.8, 4) is 0 Å². The Labute approximate surface area is 136 Å². The van der Waals surface area contributed by atoms with Crippen LogP contribution in [0.15, 0.2) is 11.4 Å². The maximum Gasteiger partial charge on any atom is 0.495 e. The predicted octanol–water partition coefficient (Wildman–Crippen LogP) is 2.67. The van der Waals surface area contributed by atoms with Crippen LogP contribution in [0.25, 0.3) is 0 Å². The monoisotopic (exact) mass is 321 g/mol. The van der Waals surface area contributed by atoms with Gasteiger partial charge in [-0.05, 0) is 63.9 Å². The SMILES string of the molecule is CC1(C)OB(c2csc(C(=O)N3CCCCC3)c2)OC1(C)C. The lowest BCUT2D eigenvalue weighted by Gasteiger charge is -2.32. The van der Waals surface area contributed by atoms with Gasteiger partial charge >= 0.3 is 7.12 Å². The highest BCUT2D eigenvalue weighted by Crippen LogP contribution is 2.36. The molecule has 1 aromatic rings. The van der Waals surface area contributed by atoms with Gasteiger partial charge in [-0.3, -0.25) is 4.79 Å². The fourth-order valence-electron chi connectivity index (χ4n) is 2.82. The lowest BCUT2D eigenvalue weighted by Crippen LogP contribution is -2.41. The van der Waals surface area contributed by atoms with Gasteiger partial charge in [0.25, 0.3) is 5.91 Å². The summed E-state index contributed by atoms with van der Waals surface area (Å²) in [6, 6.07) is 1.93. The first kappa shape index (κ1) is 16.0. The Bertz CT molecular complexity index is 547. The predicted molar refractivity (Wildman–Crippen MR) is 89.8 cm³/mol. The van der Waals surface area contributed by atoms with Crippen molar-refractivity contribution >= 4 is 29.8 Å². The third-order valence-corrected chi connectivity index (χ3v) is 5.94. The molecule has 0 saturated carbocycles. The number of nitrogens with zero attached hydrogens (tertiary/aromatic N) is 1. The minimum atomic E-state index is -0.385. The number of hydrogen-bond acceptors (Lipinski definition) is 4. The molecule has 4 nitrogen and oxygen atoms in total. The van der Waals surface area contributed by atoms with E-state index < -0.39 is 0 Å². The van der Waals surface area contributed by atoms with Crippen LogP contribution in [-0.4, -0.2) is 42.2 Å². The summed E-state index contributed by atoms with van der Waals surface area (Å²) in [5.41, 5.74) is 0.247. The summed E-state index contributed by atoms with van der Waals surface area (Å²) in [6.07, 6.45) is 3.45. The summed E-state index contributed by atoms with van der Waals surface area (Å²) >= 11 is 1.49. The van der Waals surface area contributed by atoms with E-state index in [1.54, 1.807) is 0 Å². The summed E-state index contributed by atoms with van der Waals surface area (Å²) in [5.74, 6) is 0.146. The van der Waals surface area contributed by atoms with Crippen molar-refractivity contribution in [2.75, 3.05) is 13.1 Å². The van der Waals surface area contributed by atoms with E-state index in [-0.39, 0.29) is 24.2 Å². The van der Waals surface area contributed by atoms with Crippen LogP contribution in [-0.2, 0) is 9.31 Å². The summed E-state index contributed by atoms with van der Waals surface area (Å²) in [5, 5.41) is 1.99. The third-order valence-electron chi connectivity index (χ3n) is 5.00. The van der Waals surface area contributed by atoms with E-state index in [4.69, 9.17) is 9.31 Å². The largest absolute Gasteiger partial charge is 0.495 e. The van der Waals surface area contributed by atoms with E-state index >= 15 is 0 Å². The van der Waals surface area contributed by atoms with E-state index in [0.717, 1.165) is 36.3 Å². The Hall–Kier alpha value is -0.845. The average Bonchev–Trinajstić information content (AvgIpc) is 3.03. The topological polar surface area (TPSA) is 38.8 Å². The number of thiophene rings is 1. The molecule has 0 unspecified atom stereocenters. The molecule has 2 aliphatic rings. The quantitative estimate of drug-likeness (QED) is 0.786. The Balaban J connectivity index is 1.73. The highest BCUT2D eigenvalue weighted by molar-refractivity contribution is 7.13. The zero-order valence-corrected chi connectivity index (χ0v) is 14.7. The molecule has 0 radical (unpaired) electrons. The summed E-state index contributed by atoms with van der Waals surface area (Å²) in [4.78, 5) is 15.3. The maximum absolute atomic E-state index is 12.5. The third kappa shape index (κ3) is 2.84. The summed E-state index contributed by atoms with van der Waals surface area (Å²) in [7, 11) is -0.385. The number of carbonyl (C=O) groups is 1. The van der Waals surface area contributed by atoms with Crippen molar-refractivity contribution in [1.29, 1.82) is 0 Å². The van der Waals surface area contributed by atoms with E-state index in [1.807, 2.05) is 44.0 Å². The smallest absolute Gasteiger partial charge is 0.399 e. The molecule has 6 heteroatoms. The normalized spacial score (nSPS) is 23.8. The molecule has 22 heavy (non-hydrogen) atoms. The first-order valence-corrected chi connectivity index (χ1v) is 8.91. The Morgan fingerprint density at radius 2 is 1.73 bits per heavy atom. The standard InChI is InChI=1S/C16H24BNO3S/c1-15(2)16(3,4)21-17(20-15)12-10-13(22-11-12)14(19)18-8-6-5-7-9-18/h10-11H,5-9H2,1-4H3. The lowest BCUT2D eigenvalue weighted by atomic mass is 9.81. The van der Waals surface area contributed by atoms with Crippen LogP contribution in [0.2, 0.25) is 0 Å². The van der Waals surface area contributed by atoms with Crippen LogP contribution in [0.1, 0.15) is 56.6 Å². The fourth-order valence-corrected chi connectivity index (χ4v) is 3.69. The van der Waals surface area contributed by atoms with Gasteiger partial charge in [-0.15, -0.1) is 11.3 Å². The molecule has 2 aliphatic heterocycles. The second-order valence-electron chi connectivity index (χ2n) is 7.19. The Kier molecular flexibility index (Phi) is 4.12. The molecule has 0 spiro atoms. The second-order valence-corrected chi connectivity index (χ2v) is 8.10. The van der Waals surface area contributed by atoms with Crippen molar-refractivity contribution in [1.82, 2.24) is 4.90 Å². The van der Waals surface area contributed by atoms with Gasteiger partial charge in [0.2, 0.25) is 0 Å². The molecule has 0 bridgehead atoms. The molecule has 120 valence electrons. The molecule has 0 aliphatic carbocycles. The molecular weight excluding hydrogens is 297 g/mol. The van der Waals surface area contributed by atoms with Crippen LogP contribution in [0.5, 0.6) is 0 Å². The number of piperidine rings is 1. The lowest BCUT2D eigenvalue weighted by molar-refractivity contribution is 0.00578. The van der Waals surface area contributed by atoms with Gasteiger partial charge < -0.3 is 14.2 Å². The van der Waals surface area contributed by atoms with Crippen molar-refractivity contribution in [3.63, 3.8) is 0 Å². The van der Waals surface area contributed by atoms with Gasteiger partial charge in [0.05, 0.1) is 16.1 Å². The number of rotatable bonds is 2. The molecule has 0 atom stereocenters. The van der Waals surface area contributed by atoms with Crippen LogP contribution in [0.3, 0.4) is 0 Å². The van der Waals surface area contributed by atoms with E-state index in [1.165, 1.54) is 17.8 Å². The van der Waals surface area contributed by atoms with Gasteiger partial charge in [-0.25, -0.2) is 0 Å². The zero-order valence-electron chi connectivity index (χ0n) is 13.8. The minimum Gasteiger partial charge on any atom is -0.399 e. The maximum atomic E-state index is 12.5. The fraction of sp³-hybridized carbons (Fsp3) is 0.688. The molecular formula is C16H24BNO3S. The second kappa shape index (κ2) is 5.66. The average molecular weight is 321 g/mol. The summed E-state index contributed by atoms with van der Waals surface area (Å²) in [6.45, 7) is 9.92. The molecule has 2 fully saturated rings. The van der Waals surface area contributed by atoms with Crippen LogP contribution in [0, 0.1) is 0 Å². The minimum absolute atomic E-state index is 0.146. The molecule has 3 heterocycles. The zero-order chi connectivity index (χ0) is 16.0. The number of amides is 1. The van der Waals surface area contributed by atoms with E-state index in [2.05, 4.69) is 0 Å². The molecule has 3 rings (SSSR count). The molecule has 0 N–H and O–H groups in total. The first-order chi connectivity index (χ1) is 10.3. The molecule has 1 aromatic heterocycles. The van der Waals surface area contributed by atoms with Crippen molar-refractivity contribution < 1.29 is 14.1 Å². The highest BCUT2D eigenvalue weighted by atomic mass is 32.1. The van der Waals surface area contributed by atoms with E-state index in [0.29, 0.717) is 0 Å². The molecule has 2 saturated heterocycles. The van der Waals surface area contributed by atoms with Gasteiger partial charge in [-0.2, -0.15) is 0 Å². The van der Waals surface area contributed by atoms with Gasteiger partial charge in [0.1, 0.15) is 0 Å². The van der Waals surface area contributed by atoms with Gasteiger partial charge in [0.15, 0.2) is 0 Å². The number of carbonyl (C=O) groups excluding carboxylic acids is 1.